The second-order valence-electron chi connectivity index (χ2n) is 22.4. The number of carboxylic acid groups (broad SMARTS) is 1. The van der Waals surface area contributed by atoms with Crippen molar-refractivity contribution >= 4 is 76.0 Å². The van der Waals surface area contributed by atoms with Crippen LogP contribution in [0.25, 0.3) is 0 Å². The summed E-state index contributed by atoms with van der Waals surface area (Å²) in [6, 6.07) is 16.5. The minimum Gasteiger partial charge on any atom is -0.481 e. The number of nitrogens with one attached hydrogen (secondary N) is 2. The topological polar surface area (TPSA) is 491 Å². The number of amides is 2. The summed E-state index contributed by atoms with van der Waals surface area (Å²) < 4.78 is 29.2. The van der Waals surface area contributed by atoms with Gasteiger partial charge < -0.3 is 65.4 Å². The summed E-state index contributed by atoms with van der Waals surface area (Å²) in [7, 11) is 0. The monoisotopic (exact) mass is 1280 g/mol. The highest BCUT2D eigenvalue weighted by Gasteiger charge is 2.26. The van der Waals surface area contributed by atoms with E-state index in [2.05, 4.69) is 15.4 Å². The number of anilines is 4. The van der Waals surface area contributed by atoms with Gasteiger partial charge in [-0.3, -0.25) is 55.9 Å². The molecule has 0 spiro atoms. The number of benzene rings is 4. The predicted octanol–water partition coefficient (Wildman–Crippen LogP) is 10.1. The average molecular weight is 1280 g/mol. The number of nitro groups is 4. The van der Waals surface area contributed by atoms with Gasteiger partial charge in [0.05, 0.1) is 38.2 Å². The molecule has 0 atom stereocenters. The number of carboxylic acids is 1. The molecule has 1 aliphatic heterocycles. The molecular formula is C58H86N8O24. The molecule has 4 aromatic carbocycles. The number of aliphatic hydroxyl groups is 4. The van der Waals surface area contributed by atoms with Gasteiger partial charge >= 0.3 is 30.5 Å². The number of rotatable bonds is 14. The van der Waals surface area contributed by atoms with Gasteiger partial charge in [0.25, 0.3) is 22.7 Å². The van der Waals surface area contributed by atoms with Gasteiger partial charge in [-0.1, -0.05) is 12.1 Å². The maximum absolute atomic E-state index is 12.0. The van der Waals surface area contributed by atoms with Crippen LogP contribution in [0.5, 0.6) is 0 Å². The Balaban J connectivity index is 0. The number of ether oxygens (including phenoxy) is 6. The van der Waals surface area contributed by atoms with Crippen LogP contribution < -0.4 is 22.1 Å². The summed E-state index contributed by atoms with van der Waals surface area (Å²) in [4.78, 5) is 95.2. The molecule has 1 saturated heterocycles. The van der Waals surface area contributed by atoms with Crippen molar-refractivity contribution in [1.82, 2.24) is 0 Å². The molecule has 32 heteroatoms. The first-order chi connectivity index (χ1) is 41.5. The number of nitrogen functional groups attached to an aromatic ring is 2. The highest BCUT2D eigenvalue weighted by molar-refractivity contribution is 5.90. The van der Waals surface area contributed by atoms with Crippen molar-refractivity contribution in [2.75, 3.05) is 61.7 Å². The van der Waals surface area contributed by atoms with Crippen molar-refractivity contribution in [2.45, 2.75) is 151 Å². The number of aliphatic carboxylic acids is 1. The molecule has 2 amide bonds. The van der Waals surface area contributed by atoms with Crippen molar-refractivity contribution in [3.05, 3.63) is 136 Å². The highest BCUT2D eigenvalue weighted by Crippen LogP contribution is 2.27. The number of nitrogens with zero attached hydrogens (tertiary/aromatic N) is 4. The molecule has 0 aromatic heterocycles. The first-order valence-corrected chi connectivity index (χ1v) is 27.5. The van der Waals surface area contributed by atoms with Gasteiger partial charge in [0.1, 0.15) is 22.4 Å². The lowest BCUT2D eigenvalue weighted by Crippen LogP contribution is -2.29. The number of non-ortho nitro benzene ring substituents is 2. The van der Waals surface area contributed by atoms with Crippen LogP contribution in [-0.2, 0) is 58.9 Å². The van der Waals surface area contributed by atoms with E-state index in [0.717, 1.165) is 48.6 Å². The van der Waals surface area contributed by atoms with Gasteiger partial charge in [-0.2, -0.15) is 0 Å². The van der Waals surface area contributed by atoms with Crippen molar-refractivity contribution in [3.63, 3.8) is 0 Å². The SMILES string of the molecule is C1CCOC1.CC(C)(C)OC(=O)Nc1ccc(CCO)c(NC(=O)OC(C)(C)C)c1.CC(C)(C)OC(=O)OC(=O)OC(C)(C)C.CCO.Nc1ccc(CCO)c(N)c1.O=C(O)Cc1ccc([N+](=O)[O-])cc1[N+](=O)[O-].O=[N+]([O-])c1ccc(CCO)c([N+](=O)[O-])c1. The molecule has 502 valence electrons. The maximum Gasteiger partial charge on any atom is 0.519 e. The average Bonchev–Trinajstić information content (AvgIpc) is 4.08. The van der Waals surface area contributed by atoms with Crippen molar-refractivity contribution in [2.24, 2.45) is 0 Å². The molecule has 1 fully saturated rings. The second-order valence-corrected chi connectivity index (χ2v) is 22.4. The molecule has 0 saturated carbocycles. The third kappa shape index (κ3) is 40.2. The molecule has 90 heavy (non-hydrogen) atoms. The molecule has 0 radical (unpaired) electrons. The number of hydrogen-bond acceptors (Lipinski definition) is 25. The van der Waals surface area contributed by atoms with Gasteiger partial charge in [-0.15, -0.1) is 0 Å². The summed E-state index contributed by atoms with van der Waals surface area (Å²) in [5, 5.41) is 89.7. The van der Waals surface area contributed by atoms with E-state index >= 15 is 0 Å². The summed E-state index contributed by atoms with van der Waals surface area (Å²) in [6.07, 6.45) is -0.257. The first-order valence-electron chi connectivity index (χ1n) is 27.5. The van der Waals surface area contributed by atoms with Crippen LogP contribution in [0.1, 0.15) is 125 Å². The molecular weight excluding hydrogens is 1190 g/mol. The van der Waals surface area contributed by atoms with Crippen LogP contribution in [0.2, 0.25) is 0 Å². The summed E-state index contributed by atoms with van der Waals surface area (Å²) in [6.45, 7) is 24.4. The summed E-state index contributed by atoms with van der Waals surface area (Å²) >= 11 is 0. The van der Waals surface area contributed by atoms with E-state index in [-0.39, 0.29) is 55.4 Å². The normalized spacial score (nSPS) is 11.3. The lowest BCUT2D eigenvalue weighted by atomic mass is 10.1. The lowest BCUT2D eigenvalue weighted by molar-refractivity contribution is -0.394. The number of nitrogens with two attached hydrogens (primary N) is 2. The summed E-state index contributed by atoms with van der Waals surface area (Å²) in [5.74, 6) is -1.24. The number of hydrogen-bond donors (Lipinski definition) is 9. The fraction of sp³-hybridized carbons (Fsp3) is 0.500. The van der Waals surface area contributed by atoms with Gasteiger partial charge in [0.15, 0.2) is 0 Å². The van der Waals surface area contributed by atoms with Crippen LogP contribution in [-0.4, -0.2) is 138 Å². The minimum absolute atomic E-state index is 0.0666. The highest BCUT2D eigenvalue weighted by atomic mass is 16.8. The molecule has 4 aromatic rings. The van der Waals surface area contributed by atoms with E-state index < -0.39 is 90.4 Å². The van der Waals surface area contributed by atoms with Crippen LogP contribution >= 0.6 is 0 Å². The molecule has 1 heterocycles. The van der Waals surface area contributed by atoms with E-state index in [1.165, 1.54) is 25.0 Å². The first kappa shape index (κ1) is 82.7. The number of nitro benzene ring substituents is 4. The lowest BCUT2D eigenvalue weighted by Gasteiger charge is -2.21. The minimum atomic E-state index is -1.24. The van der Waals surface area contributed by atoms with Crippen molar-refractivity contribution in [3.8, 4) is 0 Å². The third-order valence-electron chi connectivity index (χ3n) is 9.77. The Kier molecular flexibility index (Phi) is 37.6. The molecule has 0 unspecified atom stereocenters. The van der Waals surface area contributed by atoms with Crippen LogP contribution in [0.15, 0.2) is 72.8 Å². The fourth-order valence-corrected chi connectivity index (χ4v) is 6.34. The molecule has 1 aliphatic rings. The molecule has 32 nitrogen and oxygen atoms in total. The Labute approximate surface area is 520 Å². The van der Waals surface area contributed by atoms with Crippen molar-refractivity contribution in [1.29, 1.82) is 0 Å². The standard InChI is InChI=1S/C18H28N2O5.C10H18O5.C8H6N2O6.C8H8N2O5.C8H12N2O.C4H8O.C2H6O/c1-17(2,3)24-15(22)19-13-8-7-12(9-10-21)14(11-13)20-16(23)25-18(4,5)6;1-9(2,3)14-7(11)13-8(12)15-10(4,5)6;11-8(12)3-5-1-2-6(9(13)14)4-7(5)10(15)16;11-4-3-6-1-2-7(9(12)13)5-8(6)10(14)15;9-7-2-1-6(3-4-11)8(10)5-7;1-2-4-5-3-1;1-2-3/h7-8,11,21H,9-10H2,1-6H3,(H,19,22)(H,20,23);1-6H3;1-2,4H,3H2,(H,11,12);1-2,5,11H,3-4H2;1-2,5,11H,3-4,9-10H2;1-4H2;3H,2H2,1H3. The zero-order valence-electron chi connectivity index (χ0n) is 52.8. The van der Waals surface area contributed by atoms with E-state index in [9.17, 15) is 69.5 Å². The summed E-state index contributed by atoms with van der Waals surface area (Å²) in [5.41, 5.74) is 10.9. The largest absolute Gasteiger partial charge is 0.519 e. The smallest absolute Gasteiger partial charge is 0.481 e. The molecule has 0 aliphatic carbocycles. The van der Waals surface area contributed by atoms with Gasteiger partial charge in [-0.05, 0) is 163 Å². The Morgan fingerprint density at radius 1 is 0.522 bits per heavy atom. The van der Waals surface area contributed by atoms with Crippen LogP contribution in [0, 0.1) is 40.5 Å². The van der Waals surface area contributed by atoms with Gasteiger partial charge in [0, 0.05) is 92.1 Å². The van der Waals surface area contributed by atoms with E-state index in [1.807, 2.05) is 6.07 Å². The number of carbonyl (C=O) groups excluding carboxylic acids is 4. The fourth-order valence-electron chi connectivity index (χ4n) is 6.34. The maximum atomic E-state index is 12.0. The van der Waals surface area contributed by atoms with Crippen molar-refractivity contribution < 1.29 is 97.6 Å². The van der Waals surface area contributed by atoms with Gasteiger partial charge in [0.2, 0.25) is 0 Å². The second kappa shape index (κ2) is 41.0. The third-order valence-corrected chi connectivity index (χ3v) is 9.77. The van der Waals surface area contributed by atoms with Crippen LogP contribution in [0.3, 0.4) is 0 Å². The Morgan fingerprint density at radius 3 is 1.27 bits per heavy atom. The predicted molar refractivity (Wildman–Crippen MR) is 331 cm³/mol. The molecule has 0 bridgehead atoms. The van der Waals surface area contributed by atoms with E-state index in [4.69, 9.17) is 55.6 Å². The molecule has 5 rings (SSSR count). The van der Waals surface area contributed by atoms with E-state index in [1.54, 1.807) is 120 Å². The quantitative estimate of drug-likeness (QED) is 0.0141. The Hall–Kier alpha value is -9.37. The number of carbonyl (C=O) groups is 5. The molecule has 11 N–H and O–H groups in total. The zero-order chi connectivity index (χ0) is 69.8. The van der Waals surface area contributed by atoms with Crippen LogP contribution in [0.4, 0.5) is 64.7 Å². The van der Waals surface area contributed by atoms with Gasteiger partial charge in [-0.25, -0.2) is 19.2 Å². The Morgan fingerprint density at radius 2 is 0.900 bits per heavy atom. The Bertz CT molecular complexity index is 2930. The zero-order valence-corrected chi connectivity index (χ0v) is 52.8. The number of aliphatic hydroxyl groups excluding tert-OH is 4. The van der Waals surface area contributed by atoms with E-state index in [0.29, 0.717) is 35.6 Å².